The fourth-order valence-electron chi connectivity index (χ4n) is 3.96. The molecule has 2 N–H and O–H groups in total. The summed E-state index contributed by atoms with van der Waals surface area (Å²) in [6.07, 6.45) is 4.00. The highest BCUT2D eigenvalue weighted by atomic mass is 35.5. The van der Waals surface area contributed by atoms with Crippen molar-refractivity contribution in [3.8, 4) is 0 Å². The molecule has 0 aliphatic carbocycles. The molecule has 23 heavy (non-hydrogen) atoms. The summed E-state index contributed by atoms with van der Waals surface area (Å²) in [6.45, 7) is 7.59. The third-order valence-electron chi connectivity index (χ3n) is 5.06. The topological polar surface area (TPSA) is 64.7 Å². The average molecular weight is 367 g/mol. The third-order valence-corrected chi connectivity index (χ3v) is 5.06. The van der Waals surface area contributed by atoms with Crippen molar-refractivity contribution in [2.45, 2.75) is 57.2 Å². The smallest absolute Gasteiger partial charge is 0.322 e. The van der Waals surface area contributed by atoms with Crippen LogP contribution in [0.3, 0.4) is 0 Å². The van der Waals surface area contributed by atoms with E-state index in [1.807, 2.05) is 13.8 Å². The van der Waals surface area contributed by atoms with Crippen molar-refractivity contribution in [2.24, 2.45) is 0 Å². The molecule has 6 nitrogen and oxygen atoms in total. The maximum Gasteiger partial charge on any atom is 0.325 e. The van der Waals surface area contributed by atoms with Gasteiger partial charge in [0.2, 0.25) is 0 Å². The Balaban J connectivity index is 0.00000132. The molecular weight excluding hydrogens is 339 g/mol. The fraction of sp³-hybridized carbons (Fsp3) is 0.867. The van der Waals surface area contributed by atoms with Crippen molar-refractivity contribution in [1.82, 2.24) is 20.4 Å². The maximum absolute atomic E-state index is 12.8. The van der Waals surface area contributed by atoms with E-state index in [4.69, 9.17) is 0 Å². The van der Waals surface area contributed by atoms with Crippen LogP contribution in [-0.2, 0) is 4.79 Å². The molecule has 3 aliphatic heterocycles. The van der Waals surface area contributed by atoms with Gasteiger partial charge in [-0.3, -0.25) is 14.6 Å². The number of amides is 3. The van der Waals surface area contributed by atoms with Crippen LogP contribution in [0.5, 0.6) is 0 Å². The summed E-state index contributed by atoms with van der Waals surface area (Å²) in [7, 11) is 0. The standard InChI is InChI=1S/C15H26N4O2.2ClH/c1-11(2)19-13(20)15(17-14(19)21)6-3-9-18(10-15)12-4-7-16-8-5-12;;/h11-12,16H,3-10H2,1-2H3,(H,17,21);2*1H. The van der Waals surface area contributed by atoms with Crippen LogP contribution < -0.4 is 10.6 Å². The van der Waals surface area contributed by atoms with Crippen LogP contribution in [0.4, 0.5) is 4.79 Å². The number of piperidine rings is 2. The monoisotopic (exact) mass is 366 g/mol. The molecule has 1 atom stereocenters. The number of nitrogens with one attached hydrogen (secondary N) is 2. The summed E-state index contributed by atoms with van der Waals surface area (Å²) in [5.41, 5.74) is -0.676. The van der Waals surface area contributed by atoms with Gasteiger partial charge >= 0.3 is 6.03 Å². The quantitative estimate of drug-likeness (QED) is 0.724. The summed E-state index contributed by atoms with van der Waals surface area (Å²) < 4.78 is 0. The zero-order valence-corrected chi connectivity index (χ0v) is 15.5. The Morgan fingerprint density at radius 1 is 1.17 bits per heavy atom. The van der Waals surface area contributed by atoms with E-state index in [2.05, 4.69) is 15.5 Å². The lowest BCUT2D eigenvalue weighted by Crippen LogP contribution is -2.61. The maximum atomic E-state index is 12.8. The summed E-state index contributed by atoms with van der Waals surface area (Å²) >= 11 is 0. The van der Waals surface area contributed by atoms with Crippen molar-refractivity contribution in [2.75, 3.05) is 26.2 Å². The van der Waals surface area contributed by atoms with E-state index in [1.165, 1.54) is 4.90 Å². The minimum Gasteiger partial charge on any atom is -0.322 e. The predicted molar refractivity (Wildman–Crippen MR) is 94.4 cm³/mol. The summed E-state index contributed by atoms with van der Waals surface area (Å²) in [5.74, 6) is -0.0267. The van der Waals surface area contributed by atoms with E-state index >= 15 is 0 Å². The van der Waals surface area contributed by atoms with Crippen molar-refractivity contribution < 1.29 is 9.59 Å². The number of carbonyl (C=O) groups is 2. The molecule has 3 aliphatic rings. The Morgan fingerprint density at radius 3 is 2.39 bits per heavy atom. The molecule has 1 unspecified atom stereocenters. The number of rotatable bonds is 2. The predicted octanol–water partition coefficient (Wildman–Crippen LogP) is 1.38. The number of urea groups is 1. The highest BCUT2D eigenvalue weighted by Crippen LogP contribution is 2.31. The van der Waals surface area contributed by atoms with E-state index < -0.39 is 5.54 Å². The zero-order valence-electron chi connectivity index (χ0n) is 13.8. The van der Waals surface area contributed by atoms with Crippen LogP contribution in [0, 0.1) is 0 Å². The molecule has 3 amide bonds. The molecule has 0 aromatic heterocycles. The molecule has 8 heteroatoms. The van der Waals surface area contributed by atoms with Gasteiger partial charge in [-0.2, -0.15) is 0 Å². The van der Waals surface area contributed by atoms with Gasteiger partial charge in [0.1, 0.15) is 5.54 Å². The Hall–Kier alpha value is -0.560. The molecule has 3 saturated heterocycles. The number of halogens is 2. The molecule has 1 spiro atoms. The van der Waals surface area contributed by atoms with E-state index in [0.29, 0.717) is 12.6 Å². The van der Waals surface area contributed by atoms with Crippen molar-refractivity contribution in [1.29, 1.82) is 0 Å². The van der Waals surface area contributed by atoms with Gasteiger partial charge in [0.15, 0.2) is 0 Å². The van der Waals surface area contributed by atoms with Gasteiger partial charge in [-0.25, -0.2) is 4.79 Å². The fourth-order valence-corrected chi connectivity index (χ4v) is 3.96. The number of hydrogen-bond donors (Lipinski definition) is 2. The Kier molecular flexibility index (Phi) is 7.13. The van der Waals surface area contributed by atoms with Crippen LogP contribution in [0.1, 0.15) is 39.5 Å². The SMILES string of the molecule is CC(C)N1C(=O)NC2(CCCN(C3CCNCC3)C2)C1=O.Cl.Cl. The summed E-state index contributed by atoms with van der Waals surface area (Å²) in [5, 5.41) is 6.38. The Labute approximate surface area is 150 Å². The zero-order chi connectivity index (χ0) is 15.0. The van der Waals surface area contributed by atoms with E-state index in [0.717, 1.165) is 45.3 Å². The molecule has 3 fully saturated rings. The number of carbonyl (C=O) groups excluding carboxylic acids is 2. The number of likely N-dealkylation sites (tertiary alicyclic amines) is 1. The van der Waals surface area contributed by atoms with Gasteiger partial charge in [-0.1, -0.05) is 0 Å². The van der Waals surface area contributed by atoms with Gasteiger partial charge in [-0.05, 0) is 59.2 Å². The van der Waals surface area contributed by atoms with E-state index in [9.17, 15) is 9.59 Å². The van der Waals surface area contributed by atoms with Gasteiger partial charge in [-0.15, -0.1) is 24.8 Å². The van der Waals surface area contributed by atoms with Crippen LogP contribution in [-0.4, -0.2) is 65.5 Å². The normalized spacial score (nSPS) is 29.4. The van der Waals surface area contributed by atoms with Crippen molar-refractivity contribution in [3.05, 3.63) is 0 Å². The first-order chi connectivity index (χ1) is 10.0. The number of nitrogens with zero attached hydrogens (tertiary/aromatic N) is 2. The number of imide groups is 1. The Bertz CT molecular complexity index is 443. The van der Waals surface area contributed by atoms with Gasteiger partial charge in [0.05, 0.1) is 0 Å². The summed E-state index contributed by atoms with van der Waals surface area (Å²) in [4.78, 5) is 28.7. The molecule has 0 bridgehead atoms. The minimum absolute atomic E-state index is 0. The van der Waals surface area contributed by atoms with Crippen LogP contribution >= 0.6 is 24.8 Å². The Morgan fingerprint density at radius 2 is 1.83 bits per heavy atom. The summed E-state index contributed by atoms with van der Waals surface area (Å²) in [6, 6.07) is 0.245. The molecule has 0 aromatic carbocycles. The van der Waals surface area contributed by atoms with Gasteiger partial charge in [0.25, 0.3) is 5.91 Å². The first-order valence-electron chi connectivity index (χ1n) is 8.14. The third kappa shape index (κ3) is 3.76. The first kappa shape index (κ1) is 20.5. The highest BCUT2D eigenvalue weighted by molar-refractivity contribution is 6.07. The number of hydrogen-bond acceptors (Lipinski definition) is 4. The molecule has 134 valence electrons. The molecule has 0 radical (unpaired) electrons. The minimum atomic E-state index is -0.676. The van der Waals surface area contributed by atoms with Crippen molar-refractivity contribution >= 4 is 36.8 Å². The lowest BCUT2D eigenvalue weighted by atomic mass is 9.87. The van der Waals surface area contributed by atoms with Crippen LogP contribution in [0.15, 0.2) is 0 Å². The second kappa shape index (κ2) is 8.01. The highest BCUT2D eigenvalue weighted by Gasteiger charge is 2.54. The molecule has 3 rings (SSSR count). The lowest BCUT2D eigenvalue weighted by molar-refractivity contribution is -0.134. The van der Waals surface area contributed by atoms with Gasteiger partial charge < -0.3 is 10.6 Å². The van der Waals surface area contributed by atoms with Crippen molar-refractivity contribution in [3.63, 3.8) is 0 Å². The molecular formula is C15H28Cl2N4O2. The average Bonchev–Trinajstić information content (AvgIpc) is 2.70. The molecule has 3 heterocycles. The largest absolute Gasteiger partial charge is 0.325 e. The van der Waals surface area contributed by atoms with E-state index in [-0.39, 0.29) is 42.8 Å². The molecule has 0 aromatic rings. The second-order valence-corrected chi connectivity index (χ2v) is 6.84. The lowest BCUT2D eigenvalue weighted by Gasteiger charge is -2.43. The second-order valence-electron chi connectivity index (χ2n) is 6.84. The first-order valence-corrected chi connectivity index (χ1v) is 8.14. The van der Waals surface area contributed by atoms with Crippen LogP contribution in [0.2, 0.25) is 0 Å². The van der Waals surface area contributed by atoms with E-state index in [1.54, 1.807) is 0 Å². The van der Waals surface area contributed by atoms with Crippen LogP contribution in [0.25, 0.3) is 0 Å². The molecule has 0 saturated carbocycles. The van der Waals surface area contributed by atoms with Gasteiger partial charge in [0, 0.05) is 18.6 Å².